The predicted octanol–water partition coefficient (Wildman–Crippen LogP) is 5.17. The molecule has 0 radical (unpaired) electrons. The number of pyridine rings is 1. The number of likely N-dealkylation sites (tertiary alicyclic amines) is 1. The Balaban J connectivity index is 1.38. The minimum atomic E-state index is -0.484. The van der Waals surface area contributed by atoms with Crippen molar-refractivity contribution in [3.05, 3.63) is 33.8 Å². The molecule has 9 heteroatoms. The van der Waals surface area contributed by atoms with Crippen molar-refractivity contribution in [3.63, 3.8) is 0 Å². The fraction of sp³-hybridized carbons (Fsp3) is 0.560. The van der Waals surface area contributed by atoms with E-state index < -0.39 is 5.60 Å². The quantitative estimate of drug-likeness (QED) is 0.309. The highest BCUT2D eigenvalue weighted by atomic mass is 127. The second-order valence-corrected chi connectivity index (χ2v) is 11.6. The van der Waals surface area contributed by atoms with E-state index in [1.54, 1.807) is 0 Å². The highest BCUT2D eigenvalue weighted by Gasteiger charge is 2.47. The highest BCUT2D eigenvalue weighted by molar-refractivity contribution is 14.1. The van der Waals surface area contributed by atoms with Crippen LogP contribution in [-0.4, -0.2) is 55.6 Å². The molecular weight excluding hydrogens is 545 g/mol. The van der Waals surface area contributed by atoms with Crippen LogP contribution < -0.4 is 0 Å². The van der Waals surface area contributed by atoms with E-state index in [9.17, 15) is 4.79 Å². The zero-order chi connectivity index (χ0) is 24.1. The van der Waals surface area contributed by atoms with Crippen LogP contribution in [0.5, 0.6) is 0 Å². The molecule has 1 saturated heterocycles. The van der Waals surface area contributed by atoms with Crippen LogP contribution in [0.15, 0.2) is 24.5 Å². The second-order valence-electron chi connectivity index (χ2n) is 10.4. The van der Waals surface area contributed by atoms with Crippen molar-refractivity contribution >= 4 is 39.7 Å². The average molecular weight is 577 g/mol. The van der Waals surface area contributed by atoms with Gasteiger partial charge in [-0.05, 0) is 74.8 Å². The largest absolute Gasteiger partial charge is 0.444 e. The van der Waals surface area contributed by atoms with Gasteiger partial charge in [-0.1, -0.05) is 6.92 Å². The molecule has 1 unspecified atom stereocenters. The van der Waals surface area contributed by atoms with Crippen molar-refractivity contribution in [1.29, 1.82) is 0 Å². The van der Waals surface area contributed by atoms with Gasteiger partial charge in [0.05, 0.1) is 5.69 Å². The van der Waals surface area contributed by atoms with Gasteiger partial charge in [0.25, 0.3) is 0 Å². The van der Waals surface area contributed by atoms with E-state index in [-0.39, 0.29) is 11.5 Å². The number of hydrogen-bond acceptors (Lipinski definition) is 5. The Morgan fingerprint density at radius 1 is 1.24 bits per heavy atom. The monoisotopic (exact) mass is 577 g/mol. The molecule has 3 aromatic heterocycles. The molecule has 182 valence electrons. The number of hydrogen-bond donors (Lipinski definition) is 0. The molecule has 2 aliphatic rings. The number of rotatable bonds is 5. The first-order valence-electron chi connectivity index (χ1n) is 12.0. The topological polar surface area (TPSA) is 74.4 Å². The summed E-state index contributed by atoms with van der Waals surface area (Å²) >= 11 is 2.36. The number of carbonyl (C=O) groups excluding carboxylic acids is 1. The fourth-order valence-electron chi connectivity index (χ4n) is 5.05. The summed E-state index contributed by atoms with van der Waals surface area (Å²) in [5, 5.41) is 6.03. The van der Waals surface area contributed by atoms with Crippen LogP contribution in [0.25, 0.3) is 22.3 Å². The summed E-state index contributed by atoms with van der Waals surface area (Å²) in [6, 6.07) is 4.37. The lowest BCUT2D eigenvalue weighted by Crippen LogP contribution is -2.37. The van der Waals surface area contributed by atoms with Crippen molar-refractivity contribution in [2.24, 2.45) is 0 Å². The Labute approximate surface area is 213 Å². The maximum Gasteiger partial charge on any atom is 0.410 e. The van der Waals surface area contributed by atoms with Gasteiger partial charge in [-0.25, -0.2) is 9.78 Å². The van der Waals surface area contributed by atoms with Crippen molar-refractivity contribution in [3.8, 4) is 11.3 Å². The van der Waals surface area contributed by atoms with Crippen LogP contribution in [0.2, 0.25) is 0 Å². The van der Waals surface area contributed by atoms with E-state index in [4.69, 9.17) is 19.6 Å². The molecule has 8 nitrogen and oxygen atoms in total. The molecule has 1 atom stereocenters. The van der Waals surface area contributed by atoms with Gasteiger partial charge in [-0.3, -0.25) is 4.68 Å². The molecule has 0 aliphatic carbocycles. The van der Waals surface area contributed by atoms with Gasteiger partial charge >= 0.3 is 6.09 Å². The van der Waals surface area contributed by atoms with E-state index in [1.807, 2.05) is 31.9 Å². The van der Waals surface area contributed by atoms with Crippen molar-refractivity contribution < 1.29 is 14.3 Å². The van der Waals surface area contributed by atoms with E-state index in [1.165, 1.54) is 5.69 Å². The van der Waals surface area contributed by atoms with Gasteiger partial charge in [0.15, 0.2) is 0 Å². The predicted molar refractivity (Wildman–Crippen MR) is 139 cm³/mol. The highest BCUT2D eigenvalue weighted by Crippen LogP contribution is 2.44. The molecule has 5 rings (SSSR count). The van der Waals surface area contributed by atoms with Crippen LogP contribution in [0.4, 0.5) is 4.79 Å². The van der Waals surface area contributed by atoms with Gasteiger partial charge in [-0.2, -0.15) is 5.10 Å². The smallest absolute Gasteiger partial charge is 0.410 e. The summed E-state index contributed by atoms with van der Waals surface area (Å²) in [4.78, 5) is 19.3. The zero-order valence-corrected chi connectivity index (χ0v) is 22.5. The summed E-state index contributed by atoms with van der Waals surface area (Å²) in [6.45, 7) is 11.4. The van der Waals surface area contributed by atoms with E-state index in [0.717, 1.165) is 64.8 Å². The van der Waals surface area contributed by atoms with E-state index in [2.05, 4.69) is 57.1 Å². The first-order chi connectivity index (χ1) is 16.2. The van der Waals surface area contributed by atoms with Crippen molar-refractivity contribution in [1.82, 2.24) is 24.2 Å². The summed E-state index contributed by atoms with van der Waals surface area (Å²) in [7, 11) is 0. The lowest BCUT2D eigenvalue weighted by Gasteiger charge is -2.26. The Bertz CT molecular complexity index is 1230. The second kappa shape index (κ2) is 8.82. The van der Waals surface area contributed by atoms with Crippen LogP contribution in [0, 0.1) is 3.57 Å². The summed E-state index contributed by atoms with van der Waals surface area (Å²) < 4.78 is 16.7. The van der Waals surface area contributed by atoms with Crippen LogP contribution in [0.1, 0.15) is 52.7 Å². The zero-order valence-electron chi connectivity index (χ0n) is 20.3. The summed E-state index contributed by atoms with van der Waals surface area (Å²) in [5.41, 5.74) is 3.56. The SMILES string of the molecule is CCCOCn1cc(I)c2cc(-c3cc4n(n3)CCC43CCN(C(=O)OC(C)(C)C)C3)cnc21. The van der Waals surface area contributed by atoms with Gasteiger partial charge in [0.2, 0.25) is 0 Å². The van der Waals surface area contributed by atoms with Crippen molar-refractivity contribution in [2.45, 2.75) is 71.2 Å². The van der Waals surface area contributed by atoms with E-state index >= 15 is 0 Å². The Kier molecular flexibility index (Phi) is 6.12. The fourth-order valence-corrected chi connectivity index (χ4v) is 5.78. The molecule has 0 aromatic carbocycles. The molecule has 1 spiro atoms. The number of aromatic nitrogens is 4. The molecule has 5 heterocycles. The number of carbonyl (C=O) groups is 1. The lowest BCUT2D eigenvalue weighted by atomic mass is 9.82. The molecule has 0 saturated carbocycles. The van der Waals surface area contributed by atoms with Crippen LogP contribution >= 0.6 is 22.6 Å². The number of fused-ring (bicyclic) bond motifs is 3. The third-order valence-electron chi connectivity index (χ3n) is 6.67. The van der Waals surface area contributed by atoms with Crippen molar-refractivity contribution in [2.75, 3.05) is 19.7 Å². The van der Waals surface area contributed by atoms with Gasteiger partial charge < -0.3 is 18.9 Å². The van der Waals surface area contributed by atoms with Gasteiger partial charge in [0, 0.05) is 64.3 Å². The molecule has 1 fully saturated rings. The molecule has 0 N–H and O–H groups in total. The molecule has 3 aromatic rings. The Morgan fingerprint density at radius 2 is 2.03 bits per heavy atom. The number of nitrogens with zero attached hydrogens (tertiary/aromatic N) is 5. The van der Waals surface area contributed by atoms with Crippen LogP contribution in [0.3, 0.4) is 0 Å². The number of ether oxygens (including phenoxy) is 2. The molecule has 1 amide bonds. The number of aryl methyl sites for hydroxylation is 1. The first kappa shape index (κ1) is 23.6. The number of halogens is 1. The Hall–Kier alpha value is -2.14. The number of amides is 1. The maximum atomic E-state index is 12.6. The third kappa shape index (κ3) is 4.32. The molecule has 2 aliphatic heterocycles. The van der Waals surface area contributed by atoms with Gasteiger partial charge in [0.1, 0.15) is 18.0 Å². The Morgan fingerprint density at radius 3 is 2.79 bits per heavy atom. The van der Waals surface area contributed by atoms with Crippen LogP contribution in [-0.2, 0) is 28.2 Å². The minimum absolute atomic E-state index is 0.0476. The van der Waals surface area contributed by atoms with Gasteiger partial charge in [-0.15, -0.1) is 0 Å². The summed E-state index contributed by atoms with van der Waals surface area (Å²) in [5.74, 6) is 0. The molecular formula is C25H32IN5O3. The first-order valence-corrected chi connectivity index (χ1v) is 13.1. The standard InChI is InChI=1S/C25H32IN5O3/c1-5-10-33-16-30-14-19(26)18-11-17(13-27-22(18)30)20-12-21-25(7-9-31(21)28-20)6-8-29(15-25)23(32)34-24(2,3)4/h11-14H,5-10,15-16H2,1-4H3. The third-order valence-corrected chi connectivity index (χ3v) is 7.53. The normalized spacial score (nSPS) is 20.0. The average Bonchev–Trinajstić information content (AvgIpc) is 3.53. The molecule has 0 bridgehead atoms. The van der Waals surface area contributed by atoms with E-state index in [0.29, 0.717) is 13.3 Å². The summed E-state index contributed by atoms with van der Waals surface area (Å²) in [6.07, 6.45) is 6.71. The maximum absolute atomic E-state index is 12.6. The molecule has 34 heavy (non-hydrogen) atoms. The lowest BCUT2D eigenvalue weighted by molar-refractivity contribution is 0.0284. The minimum Gasteiger partial charge on any atom is -0.444 e.